The molecule has 0 spiro atoms. The molecule has 2 aromatic rings. The Hall–Kier alpha value is -0.290. The number of aryl methyl sites for hydroxylation is 1. The molecule has 1 unspecified atom stereocenters. The van der Waals surface area contributed by atoms with Gasteiger partial charge in [0.25, 0.3) is 0 Å². The molecular formula is C14H16BrNS2. The summed E-state index contributed by atoms with van der Waals surface area (Å²) in [5.41, 5.74) is 1.30. The third kappa shape index (κ3) is 2.99. The molecule has 0 amide bonds. The third-order valence-corrected chi connectivity index (χ3v) is 5.61. The summed E-state index contributed by atoms with van der Waals surface area (Å²) < 4.78 is 1.19. The highest BCUT2D eigenvalue weighted by atomic mass is 79.9. The van der Waals surface area contributed by atoms with Gasteiger partial charge in [0.1, 0.15) is 0 Å². The van der Waals surface area contributed by atoms with E-state index in [1.54, 1.807) is 11.8 Å². The predicted octanol–water partition coefficient (Wildman–Crippen LogP) is 4.85. The van der Waals surface area contributed by atoms with Crippen molar-refractivity contribution in [1.29, 1.82) is 0 Å². The van der Waals surface area contributed by atoms with Crippen LogP contribution in [0.15, 0.2) is 39.7 Å². The molecule has 0 radical (unpaired) electrons. The first-order chi connectivity index (χ1) is 8.65. The van der Waals surface area contributed by atoms with Crippen molar-refractivity contribution in [3.05, 3.63) is 50.1 Å². The molecule has 1 nitrogen and oxygen atoms in total. The lowest BCUT2D eigenvalue weighted by Gasteiger charge is -2.16. The monoisotopic (exact) mass is 341 g/mol. The van der Waals surface area contributed by atoms with E-state index in [9.17, 15) is 0 Å². The van der Waals surface area contributed by atoms with Crippen LogP contribution in [-0.2, 0) is 0 Å². The summed E-state index contributed by atoms with van der Waals surface area (Å²) in [7, 11) is 2.01. The topological polar surface area (TPSA) is 12.0 Å². The van der Waals surface area contributed by atoms with Crippen LogP contribution in [0.1, 0.15) is 21.4 Å². The van der Waals surface area contributed by atoms with Gasteiger partial charge in [0.15, 0.2) is 0 Å². The summed E-state index contributed by atoms with van der Waals surface area (Å²) in [6, 6.07) is 11.2. The van der Waals surface area contributed by atoms with Crippen molar-refractivity contribution in [3.8, 4) is 0 Å². The van der Waals surface area contributed by atoms with Crippen LogP contribution >= 0.6 is 39.0 Å². The molecule has 1 aromatic heterocycles. The maximum atomic E-state index is 3.65. The summed E-state index contributed by atoms with van der Waals surface area (Å²) in [5.74, 6) is 0. The van der Waals surface area contributed by atoms with Gasteiger partial charge in [0.05, 0.1) is 6.04 Å². The Morgan fingerprint density at radius 2 is 1.94 bits per heavy atom. The van der Waals surface area contributed by atoms with Gasteiger partial charge in [-0.05, 0) is 59.9 Å². The van der Waals surface area contributed by atoms with Gasteiger partial charge >= 0.3 is 0 Å². The normalized spacial score (nSPS) is 12.7. The molecule has 1 heterocycles. The number of rotatable bonds is 4. The van der Waals surface area contributed by atoms with Crippen LogP contribution in [0.2, 0.25) is 0 Å². The first-order valence-electron chi connectivity index (χ1n) is 5.72. The fraction of sp³-hybridized carbons (Fsp3) is 0.286. The lowest BCUT2D eigenvalue weighted by atomic mass is 10.1. The second kappa shape index (κ2) is 6.24. The molecule has 18 heavy (non-hydrogen) atoms. The van der Waals surface area contributed by atoms with Crippen LogP contribution in [0.25, 0.3) is 0 Å². The Balaban J connectivity index is 2.35. The first kappa shape index (κ1) is 14.1. The van der Waals surface area contributed by atoms with E-state index in [0.29, 0.717) is 0 Å². The van der Waals surface area contributed by atoms with Crippen molar-refractivity contribution >= 4 is 39.0 Å². The molecule has 2 rings (SSSR count). The van der Waals surface area contributed by atoms with E-state index in [1.807, 2.05) is 18.4 Å². The van der Waals surface area contributed by atoms with Gasteiger partial charge in [-0.25, -0.2) is 0 Å². The fourth-order valence-corrected chi connectivity index (χ4v) is 4.37. The Morgan fingerprint density at radius 1 is 1.28 bits per heavy atom. The van der Waals surface area contributed by atoms with Crippen LogP contribution in [0.3, 0.4) is 0 Å². The van der Waals surface area contributed by atoms with Gasteiger partial charge < -0.3 is 5.32 Å². The van der Waals surface area contributed by atoms with Crippen molar-refractivity contribution in [1.82, 2.24) is 5.32 Å². The number of halogens is 1. The van der Waals surface area contributed by atoms with Crippen LogP contribution in [-0.4, -0.2) is 13.3 Å². The van der Waals surface area contributed by atoms with E-state index in [1.165, 1.54) is 24.7 Å². The molecular weight excluding hydrogens is 326 g/mol. The maximum Gasteiger partial charge on any atom is 0.0680 e. The van der Waals surface area contributed by atoms with Crippen LogP contribution in [0.5, 0.6) is 0 Å². The quantitative estimate of drug-likeness (QED) is 0.797. The zero-order chi connectivity index (χ0) is 13.1. The fourth-order valence-electron chi connectivity index (χ4n) is 1.94. The number of thiophene rings is 1. The van der Waals surface area contributed by atoms with Gasteiger partial charge in [-0.15, -0.1) is 23.1 Å². The molecule has 0 aliphatic carbocycles. The average Bonchev–Trinajstić information content (AvgIpc) is 2.70. The van der Waals surface area contributed by atoms with E-state index < -0.39 is 0 Å². The van der Waals surface area contributed by atoms with Crippen LogP contribution in [0.4, 0.5) is 0 Å². The van der Waals surface area contributed by atoms with Crippen molar-refractivity contribution in [3.63, 3.8) is 0 Å². The Kier molecular flexibility index (Phi) is 4.90. The van der Waals surface area contributed by atoms with Crippen molar-refractivity contribution in [2.45, 2.75) is 17.9 Å². The van der Waals surface area contributed by atoms with Crippen molar-refractivity contribution in [2.75, 3.05) is 13.3 Å². The first-order valence-corrected chi connectivity index (χ1v) is 8.56. The second-order valence-corrected chi connectivity index (χ2v) is 7.09. The largest absolute Gasteiger partial charge is 0.309 e. The van der Waals surface area contributed by atoms with E-state index in [2.05, 4.69) is 64.8 Å². The third-order valence-electron chi connectivity index (χ3n) is 2.84. The summed E-state index contributed by atoms with van der Waals surface area (Å²) in [4.78, 5) is 3.97. The highest BCUT2D eigenvalue weighted by molar-refractivity contribution is 9.10. The molecule has 1 aromatic carbocycles. The number of nitrogens with one attached hydrogen (secondary N) is 1. The minimum atomic E-state index is 0.258. The van der Waals surface area contributed by atoms with Crippen molar-refractivity contribution in [2.24, 2.45) is 0 Å². The second-order valence-electron chi connectivity index (χ2n) is 4.06. The highest BCUT2D eigenvalue weighted by Crippen LogP contribution is 2.35. The molecule has 0 aliphatic rings. The predicted molar refractivity (Wildman–Crippen MR) is 85.9 cm³/mol. The van der Waals surface area contributed by atoms with Crippen LogP contribution in [0, 0.1) is 6.92 Å². The van der Waals surface area contributed by atoms with E-state index in [0.717, 1.165) is 0 Å². The summed E-state index contributed by atoms with van der Waals surface area (Å²) in [5, 5.41) is 3.40. The average molecular weight is 342 g/mol. The van der Waals surface area contributed by atoms with Gasteiger partial charge in [0, 0.05) is 19.1 Å². The van der Waals surface area contributed by atoms with E-state index >= 15 is 0 Å². The molecule has 0 aliphatic heterocycles. The summed E-state index contributed by atoms with van der Waals surface area (Å²) >= 11 is 7.26. The molecule has 0 bridgehead atoms. The Bertz CT molecular complexity index is 519. The zero-order valence-corrected chi connectivity index (χ0v) is 13.9. The van der Waals surface area contributed by atoms with Crippen LogP contribution < -0.4 is 5.32 Å². The molecule has 96 valence electrons. The van der Waals surface area contributed by atoms with Gasteiger partial charge in [0.2, 0.25) is 0 Å². The molecule has 1 atom stereocenters. The Labute approximate surface area is 125 Å². The number of hydrogen-bond donors (Lipinski definition) is 1. The molecule has 0 saturated carbocycles. The van der Waals surface area contributed by atoms with Gasteiger partial charge in [-0.2, -0.15) is 0 Å². The SMILES string of the molecule is CNC(c1ccc(SC)cc1)c1sc(C)cc1Br. The number of thioether (sulfide) groups is 1. The molecule has 0 fully saturated rings. The molecule has 0 saturated heterocycles. The van der Waals surface area contributed by atoms with Crippen molar-refractivity contribution < 1.29 is 0 Å². The maximum absolute atomic E-state index is 3.65. The van der Waals surface area contributed by atoms with E-state index in [-0.39, 0.29) is 6.04 Å². The lowest BCUT2D eigenvalue weighted by Crippen LogP contribution is -2.16. The summed E-state index contributed by atoms with van der Waals surface area (Å²) in [6.07, 6.45) is 2.10. The number of benzene rings is 1. The minimum Gasteiger partial charge on any atom is -0.309 e. The highest BCUT2D eigenvalue weighted by Gasteiger charge is 2.17. The smallest absolute Gasteiger partial charge is 0.0680 e. The van der Waals surface area contributed by atoms with Gasteiger partial charge in [-0.1, -0.05) is 12.1 Å². The number of hydrogen-bond acceptors (Lipinski definition) is 3. The summed E-state index contributed by atoms with van der Waals surface area (Å²) in [6.45, 7) is 2.14. The standard InChI is InChI=1S/C14H16BrNS2/c1-9-8-12(15)14(18-9)13(16-2)10-4-6-11(17-3)7-5-10/h4-8,13,16H,1-3H3. The molecule has 1 N–H and O–H groups in total. The lowest BCUT2D eigenvalue weighted by molar-refractivity contribution is 0.701. The van der Waals surface area contributed by atoms with Gasteiger partial charge in [-0.3, -0.25) is 0 Å². The Morgan fingerprint density at radius 3 is 2.39 bits per heavy atom. The molecule has 4 heteroatoms. The van der Waals surface area contributed by atoms with E-state index in [4.69, 9.17) is 0 Å². The zero-order valence-electron chi connectivity index (χ0n) is 10.7. The minimum absolute atomic E-state index is 0.258.